The Morgan fingerprint density at radius 2 is 1.89 bits per heavy atom. The highest BCUT2D eigenvalue weighted by atomic mass is 35.5. The van der Waals surface area contributed by atoms with Crippen molar-refractivity contribution in [3.8, 4) is 10.6 Å². The molecular formula is C18H27Cl2N5O2S. The van der Waals surface area contributed by atoms with Crippen LogP contribution in [-0.4, -0.2) is 44.7 Å². The summed E-state index contributed by atoms with van der Waals surface area (Å²) in [7, 11) is 1.63. The van der Waals surface area contributed by atoms with Gasteiger partial charge in [-0.3, -0.25) is 9.59 Å². The molecule has 2 N–H and O–H groups in total. The maximum absolute atomic E-state index is 13.1. The summed E-state index contributed by atoms with van der Waals surface area (Å²) in [5.41, 5.74) is 8.44. The smallest absolute Gasteiger partial charge is 0.277 e. The van der Waals surface area contributed by atoms with E-state index in [2.05, 4.69) is 10.1 Å². The second kappa shape index (κ2) is 9.82. The maximum Gasteiger partial charge on any atom is 0.277 e. The van der Waals surface area contributed by atoms with E-state index in [1.54, 1.807) is 7.05 Å². The van der Waals surface area contributed by atoms with Gasteiger partial charge in [-0.05, 0) is 45.6 Å². The Bertz CT molecular complexity index is 912. The summed E-state index contributed by atoms with van der Waals surface area (Å²) < 4.78 is 1.32. The minimum atomic E-state index is -0.196. The van der Waals surface area contributed by atoms with Crippen molar-refractivity contribution < 1.29 is 4.79 Å². The van der Waals surface area contributed by atoms with Gasteiger partial charge in [-0.15, -0.1) is 36.2 Å². The van der Waals surface area contributed by atoms with E-state index in [1.807, 2.05) is 25.7 Å². The van der Waals surface area contributed by atoms with Crippen molar-refractivity contribution in [1.82, 2.24) is 19.7 Å². The Hall–Kier alpha value is -1.48. The third kappa shape index (κ3) is 4.40. The molecule has 2 aromatic heterocycles. The van der Waals surface area contributed by atoms with Crippen molar-refractivity contribution in [3.63, 3.8) is 0 Å². The number of rotatable bonds is 3. The van der Waals surface area contributed by atoms with Crippen LogP contribution in [-0.2, 0) is 7.05 Å². The molecule has 3 heterocycles. The minimum Gasteiger partial charge on any atom is -0.334 e. The fourth-order valence-corrected chi connectivity index (χ4v) is 4.56. The lowest BCUT2D eigenvalue weighted by molar-refractivity contribution is 0.0627. The number of amides is 1. The van der Waals surface area contributed by atoms with Gasteiger partial charge in [-0.25, -0.2) is 9.67 Å². The highest BCUT2D eigenvalue weighted by Gasteiger charge is 2.30. The van der Waals surface area contributed by atoms with E-state index in [9.17, 15) is 9.59 Å². The highest BCUT2D eigenvalue weighted by molar-refractivity contribution is 7.17. The SMILES string of the molecule is Cc1nc(-c2c(C)c(C)nn(C)c2=O)sc1C(=O)N1CCCCC1CN.Cl.Cl. The molecule has 3 rings (SSSR count). The van der Waals surface area contributed by atoms with Gasteiger partial charge < -0.3 is 10.6 Å². The lowest BCUT2D eigenvalue weighted by atomic mass is 10.0. The molecule has 0 aromatic carbocycles. The van der Waals surface area contributed by atoms with Crippen LogP contribution >= 0.6 is 36.2 Å². The topological polar surface area (TPSA) is 94.1 Å². The van der Waals surface area contributed by atoms with Gasteiger partial charge in [0.05, 0.1) is 17.0 Å². The van der Waals surface area contributed by atoms with Crippen molar-refractivity contribution in [2.24, 2.45) is 12.8 Å². The van der Waals surface area contributed by atoms with Crippen LogP contribution in [0.15, 0.2) is 4.79 Å². The lowest BCUT2D eigenvalue weighted by Gasteiger charge is -2.34. The number of thiazole rings is 1. The Balaban J connectivity index is 0.00000196. The molecule has 1 unspecified atom stereocenters. The Kier molecular flexibility index (Phi) is 8.62. The van der Waals surface area contributed by atoms with Gasteiger partial charge in [0, 0.05) is 26.2 Å². The molecule has 2 aromatic rings. The molecule has 1 fully saturated rings. The van der Waals surface area contributed by atoms with E-state index >= 15 is 0 Å². The zero-order chi connectivity index (χ0) is 19.0. The van der Waals surface area contributed by atoms with E-state index in [0.717, 1.165) is 37.1 Å². The largest absolute Gasteiger partial charge is 0.334 e. The number of nitrogens with zero attached hydrogens (tertiary/aromatic N) is 4. The number of aryl methyl sites for hydroxylation is 3. The van der Waals surface area contributed by atoms with Gasteiger partial charge in [0.25, 0.3) is 11.5 Å². The van der Waals surface area contributed by atoms with Crippen molar-refractivity contribution in [3.05, 3.63) is 32.2 Å². The number of likely N-dealkylation sites (tertiary alicyclic amines) is 1. The van der Waals surface area contributed by atoms with Gasteiger partial charge in [-0.1, -0.05) is 0 Å². The van der Waals surface area contributed by atoms with E-state index in [4.69, 9.17) is 5.73 Å². The standard InChI is InChI=1S/C18H25N5O2S.2ClH/c1-10-11(2)21-22(4)17(24)14(10)16-20-12(3)15(26-16)18(25)23-8-6-5-7-13(23)9-19;;/h13H,5-9,19H2,1-4H3;2*1H. The quantitative estimate of drug-likeness (QED) is 0.779. The van der Waals surface area contributed by atoms with Crippen LogP contribution in [0.1, 0.15) is 45.9 Å². The molecule has 1 aliphatic heterocycles. The van der Waals surface area contributed by atoms with E-state index in [-0.39, 0.29) is 42.3 Å². The van der Waals surface area contributed by atoms with Crippen LogP contribution in [0.5, 0.6) is 0 Å². The first-order chi connectivity index (χ1) is 12.3. The molecule has 0 saturated carbocycles. The Morgan fingerprint density at radius 1 is 1.21 bits per heavy atom. The number of hydrogen-bond donors (Lipinski definition) is 1. The van der Waals surface area contributed by atoms with Gasteiger partial charge in [-0.2, -0.15) is 5.10 Å². The van der Waals surface area contributed by atoms with E-state index in [1.165, 1.54) is 16.0 Å². The minimum absolute atomic E-state index is 0. The van der Waals surface area contributed by atoms with E-state index in [0.29, 0.717) is 27.7 Å². The summed E-state index contributed by atoms with van der Waals surface area (Å²) in [6.07, 6.45) is 3.04. The van der Waals surface area contributed by atoms with Crippen molar-refractivity contribution >= 4 is 42.1 Å². The first-order valence-corrected chi connectivity index (χ1v) is 9.70. The zero-order valence-corrected chi connectivity index (χ0v) is 19.0. The fraction of sp³-hybridized carbons (Fsp3) is 0.556. The van der Waals surface area contributed by atoms with Crippen LogP contribution in [0.4, 0.5) is 0 Å². The summed E-state index contributed by atoms with van der Waals surface area (Å²) in [6, 6.07) is 0.0824. The van der Waals surface area contributed by atoms with Gasteiger partial charge in [0.15, 0.2) is 0 Å². The van der Waals surface area contributed by atoms with Gasteiger partial charge in [0.2, 0.25) is 0 Å². The predicted molar refractivity (Wildman–Crippen MR) is 117 cm³/mol. The maximum atomic E-state index is 13.1. The second-order valence-electron chi connectivity index (χ2n) is 6.83. The average Bonchev–Trinajstić information content (AvgIpc) is 3.01. The Labute approximate surface area is 181 Å². The van der Waals surface area contributed by atoms with Crippen LogP contribution in [0.3, 0.4) is 0 Å². The van der Waals surface area contributed by atoms with Crippen LogP contribution in [0.2, 0.25) is 0 Å². The van der Waals surface area contributed by atoms with Gasteiger partial charge >= 0.3 is 0 Å². The average molecular weight is 448 g/mol. The molecule has 0 bridgehead atoms. The number of aromatic nitrogens is 3. The summed E-state index contributed by atoms with van der Waals surface area (Å²) >= 11 is 1.29. The first-order valence-electron chi connectivity index (χ1n) is 8.88. The predicted octanol–water partition coefficient (Wildman–Crippen LogP) is 2.63. The normalized spacial score (nSPS) is 16.3. The molecular weight excluding hydrogens is 421 g/mol. The van der Waals surface area contributed by atoms with Crippen molar-refractivity contribution in [1.29, 1.82) is 0 Å². The van der Waals surface area contributed by atoms with Crippen LogP contribution < -0.4 is 11.3 Å². The number of hydrogen-bond acceptors (Lipinski definition) is 6. The summed E-state index contributed by atoms with van der Waals surface area (Å²) in [5.74, 6) is -0.0262. The number of piperidine rings is 1. The molecule has 1 atom stereocenters. The molecule has 7 nitrogen and oxygen atoms in total. The van der Waals surface area contributed by atoms with E-state index < -0.39 is 0 Å². The second-order valence-corrected chi connectivity index (χ2v) is 7.83. The molecule has 1 saturated heterocycles. The third-order valence-electron chi connectivity index (χ3n) is 5.09. The Morgan fingerprint density at radius 3 is 2.54 bits per heavy atom. The summed E-state index contributed by atoms with van der Waals surface area (Å²) in [5, 5.41) is 4.79. The monoisotopic (exact) mass is 447 g/mol. The lowest BCUT2D eigenvalue weighted by Crippen LogP contribution is -2.47. The number of halogens is 2. The molecule has 10 heteroatoms. The molecule has 1 aliphatic rings. The molecule has 28 heavy (non-hydrogen) atoms. The molecule has 0 radical (unpaired) electrons. The highest BCUT2D eigenvalue weighted by Crippen LogP contribution is 2.30. The number of carbonyl (C=O) groups is 1. The molecule has 156 valence electrons. The zero-order valence-electron chi connectivity index (χ0n) is 16.5. The molecule has 0 spiro atoms. The third-order valence-corrected chi connectivity index (χ3v) is 6.25. The number of nitrogens with two attached hydrogens (primary N) is 1. The van der Waals surface area contributed by atoms with Gasteiger partial charge in [0.1, 0.15) is 9.88 Å². The van der Waals surface area contributed by atoms with Crippen LogP contribution in [0.25, 0.3) is 10.6 Å². The summed E-state index contributed by atoms with van der Waals surface area (Å²) in [4.78, 5) is 32.7. The molecule has 0 aliphatic carbocycles. The van der Waals surface area contributed by atoms with Crippen molar-refractivity contribution in [2.45, 2.75) is 46.1 Å². The van der Waals surface area contributed by atoms with Crippen LogP contribution in [0, 0.1) is 20.8 Å². The summed E-state index contributed by atoms with van der Waals surface area (Å²) in [6.45, 7) is 6.75. The first kappa shape index (κ1) is 24.6. The fourth-order valence-electron chi connectivity index (χ4n) is 3.45. The molecule has 1 amide bonds. The van der Waals surface area contributed by atoms with Crippen molar-refractivity contribution in [2.75, 3.05) is 13.1 Å². The number of carbonyl (C=O) groups excluding carboxylic acids is 1.